The summed E-state index contributed by atoms with van der Waals surface area (Å²) in [6, 6.07) is 0. The molecule has 16 heavy (non-hydrogen) atoms. The molecular formula is C8H18Cl2N2O4. The van der Waals surface area contributed by atoms with Crippen LogP contribution in [-0.4, -0.2) is 35.5 Å². The molecule has 0 saturated carbocycles. The number of hydrogen-bond donors (Lipinski definition) is 4. The van der Waals surface area contributed by atoms with Gasteiger partial charge in [-0.1, -0.05) is 12.8 Å². The lowest BCUT2D eigenvalue weighted by atomic mass is 10.2. The lowest BCUT2D eigenvalue weighted by Gasteiger charge is -2.01. The highest BCUT2D eigenvalue weighted by Gasteiger charge is 1.95. The molecule has 0 heterocycles. The highest BCUT2D eigenvalue weighted by Crippen LogP contribution is 1.97. The maximum absolute atomic E-state index is 10.0. The van der Waals surface area contributed by atoms with Crippen molar-refractivity contribution in [3.05, 3.63) is 0 Å². The molecule has 0 aromatic carbocycles. The number of hydrogen-bond acceptors (Lipinski definition) is 2. The van der Waals surface area contributed by atoms with Gasteiger partial charge in [-0.2, -0.15) is 0 Å². The highest BCUT2D eigenvalue weighted by atomic mass is 35.5. The van der Waals surface area contributed by atoms with Crippen molar-refractivity contribution in [3.63, 3.8) is 0 Å². The third-order valence-electron chi connectivity index (χ3n) is 1.66. The Morgan fingerprint density at radius 1 is 0.750 bits per heavy atom. The molecule has 0 aliphatic carbocycles. The van der Waals surface area contributed by atoms with E-state index in [1.54, 1.807) is 0 Å². The summed E-state index contributed by atoms with van der Waals surface area (Å²) < 4.78 is 0. The Bertz CT molecular complexity index is 173. The molecule has 0 saturated heterocycles. The zero-order valence-corrected chi connectivity index (χ0v) is 10.4. The van der Waals surface area contributed by atoms with E-state index in [-0.39, 0.29) is 24.8 Å². The standard InChI is InChI=1S/C8H16N2O4.2ClH/c11-7(12)9-5-3-1-2-4-6-10-8(13)14;;/h9-10H,1-6H2,(H,11,12)(H,13,14);2*1H. The SMILES string of the molecule is Cl.Cl.O=C(O)NCCCCCCNC(=O)O. The van der Waals surface area contributed by atoms with Gasteiger partial charge in [-0.15, -0.1) is 24.8 Å². The Balaban J connectivity index is -0.000000845. The molecule has 0 radical (unpaired) electrons. The van der Waals surface area contributed by atoms with E-state index in [1.165, 1.54) is 0 Å². The Morgan fingerprint density at radius 2 is 1.06 bits per heavy atom. The van der Waals surface area contributed by atoms with Gasteiger partial charge in [0.05, 0.1) is 0 Å². The van der Waals surface area contributed by atoms with Crippen LogP contribution in [0.1, 0.15) is 25.7 Å². The predicted molar refractivity (Wildman–Crippen MR) is 65.0 cm³/mol. The van der Waals surface area contributed by atoms with Crippen LogP contribution in [0.2, 0.25) is 0 Å². The molecule has 2 amide bonds. The number of nitrogens with one attached hydrogen (secondary N) is 2. The van der Waals surface area contributed by atoms with Gasteiger partial charge < -0.3 is 20.8 Å². The highest BCUT2D eigenvalue weighted by molar-refractivity contribution is 5.85. The lowest BCUT2D eigenvalue weighted by Crippen LogP contribution is -2.22. The monoisotopic (exact) mass is 276 g/mol. The van der Waals surface area contributed by atoms with Gasteiger partial charge in [0.15, 0.2) is 0 Å². The molecule has 0 bridgehead atoms. The lowest BCUT2D eigenvalue weighted by molar-refractivity contribution is 0.192. The second-order valence-electron chi connectivity index (χ2n) is 2.88. The summed E-state index contributed by atoms with van der Waals surface area (Å²) in [4.78, 5) is 20.0. The Hall–Kier alpha value is -0.880. The topological polar surface area (TPSA) is 98.7 Å². The summed E-state index contributed by atoms with van der Waals surface area (Å²) >= 11 is 0. The first-order valence-corrected chi connectivity index (χ1v) is 4.56. The fourth-order valence-corrected chi connectivity index (χ4v) is 0.994. The molecular weight excluding hydrogens is 259 g/mol. The third kappa shape index (κ3) is 18.8. The van der Waals surface area contributed by atoms with E-state index >= 15 is 0 Å². The molecule has 0 aliphatic rings. The second-order valence-corrected chi connectivity index (χ2v) is 2.88. The molecule has 8 heteroatoms. The van der Waals surface area contributed by atoms with Crippen molar-refractivity contribution in [2.24, 2.45) is 0 Å². The molecule has 0 unspecified atom stereocenters. The van der Waals surface area contributed by atoms with Gasteiger partial charge >= 0.3 is 12.2 Å². The number of carbonyl (C=O) groups is 2. The van der Waals surface area contributed by atoms with Crippen LogP contribution in [0.15, 0.2) is 0 Å². The normalized spacial score (nSPS) is 8.25. The van der Waals surface area contributed by atoms with Crippen molar-refractivity contribution >= 4 is 37.0 Å². The Morgan fingerprint density at radius 3 is 1.31 bits per heavy atom. The molecule has 4 N–H and O–H groups in total. The molecule has 0 aromatic rings. The van der Waals surface area contributed by atoms with Crippen LogP contribution < -0.4 is 10.6 Å². The van der Waals surface area contributed by atoms with E-state index in [4.69, 9.17) is 10.2 Å². The van der Waals surface area contributed by atoms with Gasteiger partial charge in [0.1, 0.15) is 0 Å². The number of halogens is 2. The smallest absolute Gasteiger partial charge is 0.404 e. The second kappa shape index (κ2) is 14.1. The van der Waals surface area contributed by atoms with Crippen molar-refractivity contribution in [1.82, 2.24) is 10.6 Å². The first-order valence-electron chi connectivity index (χ1n) is 4.56. The molecule has 0 atom stereocenters. The zero-order valence-electron chi connectivity index (χ0n) is 8.77. The van der Waals surface area contributed by atoms with E-state index in [0.717, 1.165) is 25.7 Å². The van der Waals surface area contributed by atoms with Gasteiger partial charge in [0.25, 0.3) is 0 Å². The summed E-state index contributed by atoms with van der Waals surface area (Å²) in [5, 5.41) is 21.0. The first-order chi connectivity index (χ1) is 6.63. The molecule has 0 aliphatic heterocycles. The maximum atomic E-state index is 10.0. The van der Waals surface area contributed by atoms with Crippen LogP contribution >= 0.6 is 24.8 Å². The van der Waals surface area contributed by atoms with E-state index < -0.39 is 12.2 Å². The van der Waals surface area contributed by atoms with Crippen molar-refractivity contribution < 1.29 is 19.8 Å². The van der Waals surface area contributed by atoms with E-state index in [2.05, 4.69) is 10.6 Å². The Labute approximate surface area is 107 Å². The van der Waals surface area contributed by atoms with Gasteiger partial charge in [0.2, 0.25) is 0 Å². The largest absolute Gasteiger partial charge is 0.465 e. The van der Waals surface area contributed by atoms with Gasteiger partial charge in [-0.3, -0.25) is 0 Å². The first kappa shape index (κ1) is 20.5. The zero-order chi connectivity index (χ0) is 10.8. The minimum Gasteiger partial charge on any atom is -0.465 e. The molecule has 0 aromatic heterocycles. The summed E-state index contributed by atoms with van der Waals surface area (Å²) in [5.41, 5.74) is 0. The molecule has 98 valence electrons. The quantitative estimate of drug-likeness (QED) is 0.534. The molecule has 0 rings (SSSR count). The minimum atomic E-state index is -1.00. The fourth-order valence-electron chi connectivity index (χ4n) is 0.994. The number of unbranched alkanes of at least 4 members (excludes halogenated alkanes) is 3. The van der Waals surface area contributed by atoms with E-state index in [1.807, 2.05) is 0 Å². The molecule has 0 fully saturated rings. The summed E-state index contributed by atoms with van der Waals surface area (Å²) in [7, 11) is 0. The molecule has 6 nitrogen and oxygen atoms in total. The molecule has 0 spiro atoms. The van der Waals surface area contributed by atoms with Gasteiger partial charge in [0, 0.05) is 13.1 Å². The Kier molecular flexibility index (Phi) is 18.1. The van der Waals surface area contributed by atoms with Crippen molar-refractivity contribution in [2.75, 3.05) is 13.1 Å². The van der Waals surface area contributed by atoms with Crippen molar-refractivity contribution in [3.8, 4) is 0 Å². The van der Waals surface area contributed by atoms with Crippen molar-refractivity contribution in [2.45, 2.75) is 25.7 Å². The average molecular weight is 277 g/mol. The van der Waals surface area contributed by atoms with Gasteiger partial charge in [-0.05, 0) is 12.8 Å². The van der Waals surface area contributed by atoms with Crippen LogP contribution in [0.3, 0.4) is 0 Å². The summed E-state index contributed by atoms with van der Waals surface area (Å²) in [6.07, 6.45) is 1.39. The fraction of sp³-hybridized carbons (Fsp3) is 0.750. The summed E-state index contributed by atoms with van der Waals surface area (Å²) in [5.74, 6) is 0. The van der Waals surface area contributed by atoms with Crippen LogP contribution in [0.5, 0.6) is 0 Å². The average Bonchev–Trinajstić information content (AvgIpc) is 2.08. The predicted octanol–water partition coefficient (Wildman–Crippen LogP) is 1.93. The third-order valence-corrected chi connectivity index (χ3v) is 1.66. The van der Waals surface area contributed by atoms with Crippen LogP contribution in [-0.2, 0) is 0 Å². The van der Waals surface area contributed by atoms with Gasteiger partial charge in [-0.25, -0.2) is 9.59 Å². The number of amides is 2. The number of carboxylic acid groups (broad SMARTS) is 2. The van der Waals surface area contributed by atoms with Crippen LogP contribution in [0, 0.1) is 0 Å². The van der Waals surface area contributed by atoms with E-state index in [0.29, 0.717) is 13.1 Å². The van der Waals surface area contributed by atoms with Crippen LogP contribution in [0.4, 0.5) is 9.59 Å². The van der Waals surface area contributed by atoms with Crippen LogP contribution in [0.25, 0.3) is 0 Å². The number of rotatable bonds is 7. The minimum absolute atomic E-state index is 0. The summed E-state index contributed by atoms with van der Waals surface area (Å²) in [6.45, 7) is 0.920. The van der Waals surface area contributed by atoms with Crippen molar-refractivity contribution in [1.29, 1.82) is 0 Å². The maximum Gasteiger partial charge on any atom is 0.404 e. The van der Waals surface area contributed by atoms with E-state index in [9.17, 15) is 9.59 Å².